The molecule has 2 aromatic carbocycles. The van der Waals surface area contributed by atoms with E-state index in [1.807, 2.05) is 24.3 Å². The van der Waals surface area contributed by atoms with E-state index in [-0.39, 0.29) is 10.9 Å². The summed E-state index contributed by atoms with van der Waals surface area (Å²) in [6.07, 6.45) is 0. The van der Waals surface area contributed by atoms with E-state index < -0.39 is 15.8 Å². The minimum atomic E-state index is -3.59. The molecule has 0 spiro atoms. The monoisotopic (exact) mass is 382 g/mol. The Hall–Kier alpha value is -1.47. The summed E-state index contributed by atoms with van der Waals surface area (Å²) in [5.41, 5.74) is 1.04. The molecule has 0 aliphatic carbocycles. The van der Waals surface area contributed by atoms with Crippen molar-refractivity contribution in [2.45, 2.75) is 17.9 Å². The van der Waals surface area contributed by atoms with E-state index in [1.165, 1.54) is 28.6 Å². The normalized spacial score (nSPS) is 18.2. The number of rotatable bonds is 4. The third-order valence-corrected chi connectivity index (χ3v) is 6.88. The zero-order valence-corrected chi connectivity index (χ0v) is 15.5. The zero-order chi connectivity index (χ0) is 18.0. The summed E-state index contributed by atoms with van der Waals surface area (Å²) in [5, 5.41) is 0.719. The van der Waals surface area contributed by atoms with Crippen LogP contribution in [0.25, 0.3) is 0 Å². The van der Waals surface area contributed by atoms with Crippen molar-refractivity contribution >= 4 is 21.6 Å². The molecule has 1 heterocycles. The standard InChI is InChI=1S/C18H20ClFN2O2S/c1-14(17-4-2-3-5-18(17)19)21-10-12-22(13-11-21)25(23,24)16-8-6-15(20)7-9-16/h2-9,14H,10-13H2,1H3/t14-/m0/s1. The molecule has 2 aromatic rings. The topological polar surface area (TPSA) is 40.6 Å². The molecule has 0 radical (unpaired) electrons. The van der Waals surface area contributed by atoms with E-state index in [1.54, 1.807) is 0 Å². The number of piperazine rings is 1. The van der Waals surface area contributed by atoms with Gasteiger partial charge in [-0.3, -0.25) is 4.90 Å². The van der Waals surface area contributed by atoms with Crippen molar-refractivity contribution in [3.05, 3.63) is 64.9 Å². The fraction of sp³-hybridized carbons (Fsp3) is 0.333. The van der Waals surface area contributed by atoms with Crippen molar-refractivity contribution in [1.29, 1.82) is 0 Å². The lowest BCUT2D eigenvalue weighted by Crippen LogP contribution is -2.49. The van der Waals surface area contributed by atoms with Crippen LogP contribution in [-0.4, -0.2) is 43.8 Å². The third-order valence-electron chi connectivity index (χ3n) is 4.63. The Kier molecular flexibility index (Phi) is 5.43. The maximum absolute atomic E-state index is 13.0. The van der Waals surface area contributed by atoms with Crippen LogP contribution in [0.3, 0.4) is 0 Å². The van der Waals surface area contributed by atoms with Gasteiger partial charge in [0.25, 0.3) is 0 Å². The van der Waals surface area contributed by atoms with Crippen LogP contribution in [0.15, 0.2) is 53.4 Å². The molecule has 134 valence electrons. The van der Waals surface area contributed by atoms with Crippen LogP contribution in [0.2, 0.25) is 5.02 Å². The Morgan fingerprint density at radius 1 is 1.00 bits per heavy atom. The quantitative estimate of drug-likeness (QED) is 0.812. The summed E-state index contributed by atoms with van der Waals surface area (Å²) < 4.78 is 39.8. The zero-order valence-electron chi connectivity index (χ0n) is 13.9. The Morgan fingerprint density at radius 3 is 2.20 bits per heavy atom. The van der Waals surface area contributed by atoms with Crippen LogP contribution >= 0.6 is 11.6 Å². The van der Waals surface area contributed by atoms with Gasteiger partial charge in [0, 0.05) is 37.2 Å². The summed E-state index contributed by atoms with van der Waals surface area (Å²) in [6.45, 7) is 4.11. The van der Waals surface area contributed by atoms with Gasteiger partial charge >= 0.3 is 0 Å². The van der Waals surface area contributed by atoms with Gasteiger partial charge in [-0.25, -0.2) is 12.8 Å². The molecule has 1 aliphatic rings. The minimum absolute atomic E-state index is 0.115. The highest BCUT2D eigenvalue weighted by molar-refractivity contribution is 7.89. The number of halogens is 2. The maximum Gasteiger partial charge on any atom is 0.243 e. The largest absolute Gasteiger partial charge is 0.294 e. The molecule has 4 nitrogen and oxygen atoms in total. The van der Waals surface area contributed by atoms with Crippen LogP contribution < -0.4 is 0 Å². The molecule has 1 atom stereocenters. The molecule has 0 N–H and O–H groups in total. The summed E-state index contributed by atoms with van der Waals surface area (Å²) in [7, 11) is -3.59. The summed E-state index contributed by atoms with van der Waals surface area (Å²) in [5.74, 6) is -0.447. The van der Waals surface area contributed by atoms with Crippen molar-refractivity contribution in [2.24, 2.45) is 0 Å². The second-order valence-electron chi connectivity index (χ2n) is 6.09. The van der Waals surface area contributed by atoms with Crippen LogP contribution in [0, 0.1) is 5.82 Å². The van der Waals surface area contributed by atoms with Crippen molar-refractivity contribution < 1.29 is 12.8 Å². The molecule has 1 saturated heterocycles. The average Bonchev–Trinajstić information content (AvgIpc) is 2.62. The molecule has 0 aromatic heterocycles. The second kappa shape index (κ2) is 7.41. The predicted molar refractivity (Wildman–Crippen MR) is 96.6 cm³/mol. The Labute approximate surface area is 152 Å². The van der Waals surface area contributed by atoms with Gasteiger partial charge in [-0.1, -0.05) is 29.8 Å². The van der Waals surface area contributed by atoms with Gasteiger partial charge in [-0.05, 0) is 42.8 Å². The Bertz CT molecular complexity index is 834. The molecular formula is C18H20ClFN2O2S. The van der Waals surface area contributed by atoms with Crippen molar-refractivity contribution in [1.82, 2.24) is 9.21 Å². The smallest absolute Gasteiger partial charge is 0.243 e. The average molecular weight is 383 g/mol. The maximum atomic E-state index is 13.0. The lowest BCUT2D eigenvalue weighted by molar-refractivity contribution is 0.146. The Balaban J connectivity index is 1.69. The SMILES string of the molecule is C[C@@H](c1ccccc1Cl)N1CCN(S(=O)(=O)c2ccc(F)cc2)CC1. The second-order valence-corrected chi connectivity index (χ2v) is 8.44. The molecular weight excluding hydrogens is 363 g/mol. The molecule has 25 heavy (non-hydrogen) atoms. The highest BCUT2D eigenvalue weighted by Gasteiger charge is 2.30. The van der Waals surface area contributed by atoms with Crippen molar-refractivity contribution in [3.8, 4) is 0 Å². The van der Waals surface area contributed by atoms with Gasteiger partial charge < -0.3 is 0 Å². The Morgan fingerprint density at radius 2 is 1.60 bits per heavy atom. The molecule has 0 saturated carbocycles. The molecule has 1 fully saturated rings. The highest BCUT2D eigenvalue weighted by atomic mass is 35.5. The third kappa shape index (κ3) is 3.87. The van der Waals surface area contributed by atoms with Gasteiger partial charge in [0.2, 0.25) is 10.0 Å². The summed E-state index contributed by atoms with van der Waals surface area (Å²) in [4.78, 5) is 2.35. The fourth-order valence-electron chi connectivity index (χ4n) is 3.10. The molecule has 0 bridgehead atoms. The van der Waals surface area contributed by atoms with E-state index >= 15 is 0 Å². The highest BCUT2D eigenvalue weighted by Crippen LogP contribution is 2.28. The number of sulfonamides is 1. The lowest BCUT2D eigenvalue weighted by atomic mass is 10.1. The van der Waals surface area contributed by atoms with Gasteiger partial charge in [0.15, 0.2) is 0 Å². The first-order valence-corrected chi connectivity index (χ1v) is 9.95. The van der Waals surface area contributed by atoms with Crippen LogP contribution in [0.4, 0.5) is 4.39 Å². The minimum Gasteiger partial charge on any atom is -0.294 e. The van der Waals surface area contributed by atoms with E-state index in [4.69, 9.17) is 11.6 Å². The van der Waals surface area contributed by atoms with Gasteiger partial charge in [-0.15, -0.1) is 0 Å². The van der Waals surface area contributed by atoms with Gasteiger partial charge in [0.1, 0.15) is 5.82 Å². The first-order valence-electron chi connectivity index (χ1n) is 8.14. The van der Waals surface area contributed by atoms with Gasteiger partial charge in [-0.2, -0.15) is 4.31 Å². The molecule has 0 unspecified atom stereocenters. The van der Waals surface area contributed by atoms with E-state index in [0.717, 1.165) is 10.6 Å². The van der Waals surface area contributed by atoms with Crippen LogP contribution in [-0.2, 0) is 10.0 Å². The van der Waals surface area contributed by atoms with Crippen molar-refractivity contribution in [2.75, 3.05) is 26.2 Å². The summed E-state index contributed by atoms with van der Waals surface area (Å²) >= 11 is 6.27. The molecule has 0 amide bonds. The van der Waals surface area contributed by atoms with E-state index in [9.17, 15) is 12.8 Å². The number of nitrogens with zero attached hydrogens (tertiary/aromatic N) is 2. The number of hydrogen-bond donors (Lipinski definition) is 0. The van der Waals surface area contributed by atoms with Crippen LogP contribution in [0.5, 0.6) is 0 Å². The first kappa shape index (κ1) is 18.3. The number of benzene rings is 2. The lowest BCUT2D eigenvalue weighted by Gasteiger charge is -2.37. The van der Waals surface area contributed by atoms with E-state index in [0.29, 0.717) is 26.2 Å². The molecule has 7 heteroatoms. The van der Waals surface area contributed by atoms with Crippen molar-refractivity contribution in [3.63, 3.8) is 0 Å². The molecule has 1 aliphatic heterocycles. The van der Waals surface area contributed by atoms with Crippen LogP contribution in [0.1, 0.15) is 18.5 Å². The number of hydrogen-bond acceptors (Lipinski definition) is 3. The van der Waals surface area contributed by atoms with Gasteiger partial charge in [0.05, 0.1) is 4.90 Å². The predicted octanol–water partition coefficient (Wildman–Crippen LogP) is 3.55. The first-order chi connectivity index (χ1) is 11.9. The van der Waals surface area contributed by atoms with E-state index in [2.05, 4.69) is 11.8 Å². The molecule has 3 rings (SSSR count). The fourth-order valence-corrected chi connectivity index (χ4v) is 4.81. The summed E-state index contributed by atoms with van der Waals surface area (Å²) in [6, 6.07) is 12.8.